The van der Waals surface area contributed by atoms with E-state index in [1.165, 1.54) is 11.3 Å². The van der Waals surface area contributed by atoms with Gasteiger partial charge in [-0.1, -0.05) is 11.3 Å². The average Bonchev–Trinajstić information content (AvgIpc) is 2.90. The number of anilines is 2. The van der Waals surface area contributed by atoms with Gasteiger partial charge >= 0.3 is 0 Å². The quantitative estimate of drug-likeness (QED) is 0.777. The van der Waals surface area contributed by atoms with E-state index in [-0.39, 0.29) is 23.8 Å². The van der Waals surface area contributed by atoms with Crippen molar-refractivity contribution in [1.82, 2.24) is 25.1 Å². The molecule has 2 heterocycles. The summed E-state index contributed by atoms with van der Waals surface area (Å²) in [5.41, 5.74) is 5.65. The minimum atomic E-state index is -0.278. The van der Waals surface area contributed by atoms with Gasteiger partial charge in [-0.2, -0.15) is 5.10 Å². The van der Waals surface area contributed by atoms with Crippen molar-refractivity contribution in [3.05, 3.63) is 17.0 Å². The number of hydrogen-bond donors (Lipinski definition) is 3. The zero-order valence-electron chi connectivity index (χ0n) is 12.5. The molecule has 0 saturated heterocycles. The first-order valence-corrected chi connectivity index (χ1v) is 7.23. The molecule has 2 rings (SSSR count). The van der Waals surface area contributed by atoms with Crippen LogP contribution in [0.1, 0.15) is 36.3 Å². The summed E-state index contributed by atoms with van der Waals surface area (Å²) in [5, 5.41) is 10.6. The molecule has 0 fully saturated rings. The molecule has 9 heteroatoms. The molecule has 8 nitrogen and oxygen atoms in total. The number of nitrogens with zero attached hydrogens (tertiary/aromatic N) is 4. The summed E-state index contributed by atoms with van der Waals surface area (Å²) < 4.78 is 1.58. The van der Waals surface area contributed by atoms with E-state index in [0.717, 1.165) is 0 Å². The Morgan fingerprint density at radius 3 is 2.76 bits per heavy atom. The second kappa shape index (κ2) is 5.68. The minimum Gasteiger partial charge on any atom is -0.382 e. The lowest BCUT2D eigenvalue weighted by Crippen LogP contribution is -2.25. The lowest BCUT2D eigenvalue weighted by atomic mass is 10.1. The van der Waals surface area contributed by atoms with Gasteiger partial charge in [-0.05, 0) is 20.8 Å². The van der Waals surface area contributed by atoms with Crippen LogP contribution in [-0.2, 0) is 13.6 Å². The predicted octanol–water partition coefficient (Wildman–Crippen LogP) is 0.994. The zero-order valence-corrected chi connectivity index (χ0v) is 13.3. The Bertz CT molecular complexity index is 640. The molecule has 2 aromatic rings. The van der Waals surface area contributed by atoms with Gasteiger partial charge in [0, 0.05) is 12.6 Å². The van der Waals surface area contributed by atoms with E-state index >= 15 is 0 Å². The monoisotopic (exact) mass is 309 g/mol. The van der Waals surface area contributed by atoms with Crippen molar-refractivity contribution in [2.24, 2.45) is 7.05 Å². The van der Waals surface area contributed by atoms with Crippen LogP contribution >= 0.6 is 11.3 Å². The third kappa shape index (κ3) is 4.15. The number of aromatic nitrogens is 4. The van der Waals surface area contributed by atoms with Crippen molar-refractivity contribution in [3.63, 3.8) is 0 Å². The summed E-state index contributed by atoms with van der Waals surface area (Å²) in [6.07, 6.45) is 1.58. The lowest BCUT2D eigenvalue weighted by Gasteiger charge is -2.19. The average molecular weight is 309 g/mol. The first-order valence-electron chi connectivity index (χ1n) is 6.42. The van der Waals surface area contributed by atoms with E-state index in [2.05, 4.69) is 25.7 Å². The number of carbonyl (C=O) groups excluding carboxylic acids is 1. The molecule has 0 bridgehead atoms. The molecule has 0 aliphatic rings. The first-order chi connectivity index (χ1) is 9.74. The van der Waals surface area contributed by atoms with E-state index < -0.39 is 0 Å². The van der Waals surface area contributed by atoms with Crippen LogP contribution in [0.3, 0.4) is 0 Å². The third-order valence-electron chi connectivity index (χ3n) is 2.40. The number of nitrogens with one attached hydrogen (secondary N) is 2. The molecule has 0 atom stereocenters. The van der Waals surface area contributed by atoms with Crippen LogP contribution in [0.4, 0.5) is 10.9 Å². The number of nitrogens with two attached hydrogens (primary N) is 1. The van der Waals surface area contributed by atoms with Gasteiger partial charge in [-0.25, -0.2) is 9.97 Å². The Balaban J connectivity index is 2.02. The van der Waals surface area contributed by atoms with Crippen molar-refractivity contribution in [2.45, 2.75) is 32.9 Å². The Labute approximate surface area is 126 Å². The molecular formula is C12H19N7OS. The van der Waals surface area contributed by atoms with Gasteiger partial charge < -0.3 is 16.4 Å². The molecule has 114 valence electrons. The summed E-state index contributed by atoms with van der Waals surface area (Å²) in [6.45, 7) is 6.28. The highest BCUT2D eigenvalue weighted by Crippen LogP contribution is 2.27. The molecule has 0 unspecified atom stereocenters. The second-order valence-corrected chi connectivity index (χ2v) is 6.62. The van der Waals surface area contributed by atoms with Crippen molar-refractivity contribution in [1.29, 1.82) is 0 Å². The number of carbonyl (C=O) groups is 1. The molecule has 0 spiro atoms. The van der Waals surface area contributed by atoms with Crippen LogP contribution in [0, 0.1) is 0 Å². The summed E-state index contributed by atoms with van der Waals surface area (Å²) in [7, 11) is 1.77. The SMILES string of the molecule is Cn1cnc(CNC(=O)c2sc(NC(C)(C)C)nc2N)n1. The van der Waals surface area contributed by atoms with Crippen LogP contribution in [-0.4, -0.2) is 31.2 Å². The van der Waals surface area contributed by atoms with Crippen LogP contribution in [0.15, 0.2) is 6.33 Å². The normalized spacial score (nSPS) is 11.4. The fraction of sp³-hybridized carbons (Fsp3) is 0.500. The molecule has 1 amide bonds. The van der Waals surface area contributed by atoms with Crippen LogP contribution < -0.4 is 16.4 Å². The lowest BCUT2D eigenvalue weighted by molar-refractivity contribution is 0.0954. The Morgan fingerprint density at radius 2 is 2.19 bits per heavy atom. The van der Waals surface area contributed by atoms with Crippen LogP contribution in [0.5, 0.6) is 0 Å². The topological polar surface area (TPSA) is 111 Å². The standard InChI is InChI=1S/C12H19N7OS/c1-12(2,3)17-11-16-9(13)8(21-11)10(20)14-5-7-15-6-19(4)18-7/h6H,5,13H2,1-4H3,(H,14,20)(H,16,17). The van der Waals surface area contributed by atoms with E-state index in [1.807, 2.05) is 20.8 Å². The molecule has 2 aromatic heterocycles. The number of rotatable bonds is 4. The molecule has 4 N–H and O–H groups in total. The summed E-state index contributed by atoms with van der Waals surface area (Å²) in [5.74, 6) is 0.486. The van der Waals surface area contributed by atoms with Gasteiger partial charge in [0.2, 0.25) is 0 Å². The smallest absolute Gasteiger partial charge is 0.265 e. The van der Waals surface area contributed by atoms with Gasteiger partial charge in [0.1, 0.15) is 17.0 Å². The summed E-state index contributed by atoms with van der Waals surface area (Å²) in [6, 6.07) is 0. The van der Waals surface area contributed by atoms with E-state index in [1.54, 1.807) is 18.1 Å². The van der Waals surface area contributed by atoms with E-state index in [9.17, 15) is 4.79 Å². The van der Waals surface area contributed by atoms with Gasteiger partial charge in [0.05, 0.1) is 6.54 Å². The number of thiazole rings is 1. The largest absolute Gasteiger partial charge is 0.382 e. The minimum absolute atomic E-state index is 0.143. The number of aryl methyl sites for hydroxylation is 1. The van der Waals surface area contributed by atoms with E-state index in [4.69, 9.17) is 5.73 Å². The second-order valence-electron chi connectivity index (χ2n) is 5.63. The van der Waals surface area contributed by atoms with Crippen molar-refractivity contribution >= 4 is 28.2 Å². The van der Waals surface area contributed by atoms with Gasteiger partial charge in [0.15, 0.2) is 11.0 Å². The predicted molar refractivity (Wildman–Crippen MR) is 82.1 cm³/mol. The van der Waals surface area contributed by atoms with Crippen LogP contribution in [0.2, 0.25) is 0 Å². The van der Waals surface area contributed by atoms with Crippen molar-refractivity contribution in [3.8, 4) is 0 Å². The molecular weight excluding hydrogens is 290 g/mol. The number of amides is 1. The zero-order chi connectivity index (χ0) is 15.6. The third-order valence-corrected chi connectivity index (χ3v) is 3.38. The maximum absolute atomic E-state index is 12.1. The highest BCUT2D eigenvalue weighted by atomic mass is 32.1. The fourth-order valence-electron chi connectivity index (χ4n) is 1.57. The highest BCUT2D eigenvalue weighted by Gasteiger charge is 2.19. The Morgan fingerprint density at radius 1 is 1.48 bits per heavy atom. The Kier molecular flexibility index (Phi) is 4.12. The van der Waals surface area contributed by atoms with Gasteiger partial charge in [0.25, 0.3) is 5.91 Å². The maximum atomic E-state index is 12.1. The molecule has 21 heavy (non-hydrogen) atoms. The molecule has 0 aliphatic carbocycles. The van der Waals surface area contributed by atoms with Crippen molar-refractivity contribution < 1.29 is 4.79 Å². The summed E-state index contributed by atoms with van der Waals surface area (Å²) in [4.78, 5) is 20.7. The van der Waals surface area contributed by atoms with Gasteiger partial charge in [-0.3, -0.25) is 9.48 Å². The first kappa shape index (κ1) is 15.2. The fourth-order valence-corrected chi connectivity index (χ4v) is 2.58. The van der Waals surface area contributed by atoms with E-state index in [0.29, 0.717) is 15.8 Å². The molecule has 0 radical (unpaired) electrons. The molecule has 0 aliphatic heterocycles. The van der Waals surface area contributed by atoms with Crippen molar-refractivity contribution in [2.75, 3.05) is 11.1 Å². The number of nitrogen functional groups attached to an aromatic ring is 1. The molecule has 0 saturated carbocycles. The van der Waals surface area contributed by atoms with Gasteiger partial charge in [-0.15, -0.1) is 0 Å². The highest BCUT2D eigenvalue weighted by molar-refractivity contribution is 7.18. The Hall–Kier alpha value is -2.16. The number of hydrogen-bond acceptors (Lipinski definition) is 7. The maximum Gasteiger partial charge on any atom is 0.265 e. The summed E-state index contributed by atoms with van der Waals surface area (Å²) >= 11 is 1.23. The molecule has 0 aromatic carbocycles. The van der Waals surface area contributed by atoms with Crippen LogP contribution in [0.25, 0.3) is 0 Å².